The molecular formula is C31H51F4NO12. The predicted octanol–water partition coefficient (Wildman–Crippen LogP) is 2.31. The van der Waals surface area contributed by atoms with Gasteiger partial charge in [0, 0.05) is 12.6 Å². The van der Waals surface area contributed by atoms with Crippen LogP contribution in [0, 0.1) is 23.3 Å². The van der Waals surface area contributed by atoms with Crippen LogP contribution in [0.25, 0.3) is 0 Å². The van der Waals surface area contributed by atoms with E-state index in [1.165, 1.54) is 0 Å². The Morgan fingerprint density at radius 1 is 0.500 bits per heavy atom. The molecule has 0 atom stereocenters. The summed E-state index contributed by atoms with van der Waals surface area (Å²) in [4.78, 5) is 11.6. The van der Waals surface area contributed by atoms with Crippen LogP contribution in [-0.2, 0) is 52.2 Å². The van der Waals surface area contributed by atoms with E-state index in [4.69, 9.17) is 47.4 Å². The molecule has 0 fully saturated rings. The van der Waals surface area contributed by atoms with E-state index in [1.54, 1.807) is 0 Å². The summed E-state index contributed by atoms with van der Waals surface area (Å²) in [5.41, 5.74) is 0. The van der Waals surface area contributed by atoms with Crippen LogP contribution < -0.4 is 10.1 Å². The number of carbonyl (C=O) groups excluding carboxylic acids is 1. The van der Waals surface area contributed by atoms with E-state index in [2.05, 4.69) is 17.0 Å². The quantitative estimate of drug-likeness (QED) is 0.0365. The summed E-state index contributed by atoms with van der Waals surface area (Å²) >= 11 is 0. The van der Waals surface area contributed by atoms with Gasteiger partial charge >= 0.3 is 5.97 Å². The topological polar surface area (TPSA) is 131 Å². The molecule has 280 valence electrons. The third kappa shape index (κ3) is 25.0. The van der Waals surface area contributed by atoms with Crippen LogP contribution in [0.1, 0.15) is 13.3 Å². The fourth-order valence-electron chi connectivity index (χ4n) is 3.36. The van der Waals surface area contributed by atoms with Crippen molar-refractivity contribution in [3.63, 3.8) is 0 Å². The number of likely N-dealkylation sites (N-methyl/N-ethyl adjacent to an activating group) is 1. The van der Waals surface area contributed by atoms with Crippen LogP contribution in [0.2, 0.25) is 0 Å². The van der Waals surface area contributed by atoms with Crippen molar-refractivity contribution in [2.75, 3.05) is 145 Å². The number of ether oxygens (including phenoxy) is 11. The van der Waals surface area contributed by atoms with E-state index in [1.807, 2.05) is 0 Å². The number of rotatable bonds is 35. The van der Waals surface area contributed by atoms with Crippen LogP contribution in [-0.4, -0.2) is 151 Å². The summed E-state index contributed by atoms with van der Waals surface area (Å²) in [6.45, 7) is 12.0. The minimum absolute atomic E-state index is 0.0192. The molecule has 1 aromatic rings. The summed E-state index contributed by atoms with van der Waals surface area (Å²) in [5.74, 6) is -9.47. The highest BCUT2D eigenvalue weighted by molar-refractivity contribution is 5.72. The molecule has 0 aromatic heterocycles. The van der Waals surface area contributed by atoms with Crippen molar-refractivity contribution in [3.8, 4) is 5.75 Å². The van der Waals surface area contributed by atoms with E-state index >= 15 is 0 Å². The molecule has 0 aliphatic heterocycles. The number of carbonyl (C=O) groups is 1. The van der Waals surface area contributed by atoms with Gasteiger partial charge in [0.15, 0.2) is 11.6 Å². The van der Waals surface area contributed by atoms with E-state index in [-0.39, 0.29) is 25.9 Å². The highest BCUT2D eigenvalue weighted by Crippen LogP contribution is 2.26. The first-order valence-electron chi connectivity index (χ1n) is 16.0. The number of hydrogen-bond acceptors (Lipinski definition) is 13. The zero-order valence-electron chi connectivity index (χ0n) is 27.8. The van der Waals surface area contributed by atoms with Gasteiger partial charge in [-0.05, 0) is 6.54 Å². The summed E-state index contributed by atoms with van der Waals surface area (Å²) in [5, 5.41) is 3.18. The highest BCUT2D eigenvalue weighted by atomic mass is 19.2. The molecule has 17 heteroatoms. The van der Waals surface area contributed by atoms with E-state index in [9.17, 15) is 22.4 Å². The number of halogens is 4. The Balaban J connectivity index is 1.72. The van der Waals surface area contributed by atoms with Crippen LogP contribution in [0.4, 0.5) is 17.6 Å². The lowest BCUT2D eigenvalue weighted by Gasteiger charge is -2.09. The standard InChI is InChI=1S/C31H51F4NO12/c1-2-36-4-6-39-8-10-41-12-14-43-16-18-45-20-22-47-24-23-46-21-19-44-17-15-42-13-11-40-9-7-38-5-3-28(37)48-31-29(34)26(32)25-27(33)30(31)35/h25,36H,2-24H2,1H3. The van der Waals surface area contributed by atoms with Crippen molar-refractivity contribution < 1.29 is 74.5 Å². The van der Waals surface area contributed by atoms with Gasteiger partial charge in [-0.25, -0.2) is 8.78 Å². The molecular weight excluding hydrogens is 654 g/mol. The van der Waals surface area contributed by atoms with Crippen molar-refractivity contribution >= 4 is 5.97 Å². The number of hydrogen-bond donors (Lipinski definition) is 1. The molecule has 48 heavy (non-hydrogen) atoms. The van der Waals surface area contributed by atoms with Crippen LogP contribution >= 0.6 is 0 Å². The first-order valence-corrected chi connectivity index (χ1v) is 16.0. The second-order valence-corrected chi connectivity index (χ2v) is 9.50. The largest absolute Gasteiger partial charge is 0.420 e. The molecule has 0 amide bonds. The molecule has 0 saturated carbocycles. The number of nitrogens with one attached hydrogen (secondary N) is 1. The second kappa shape index (κ2) is 32.2. The fraction of sp³-hybridized carbons (Fsp3) is 0.774. The van der Waals surface area contributed by atoms with Gasteiger partial charge in [0.05, 0.1) is 139 Å². The molecule has 13 nitrogen and oxygen atoms in total. The summed E-state index contributed by atoms with van der Waals surface area (Å²) in [6.07, 6.45) is -0.390. The molecule has 1 rings (SSSR count). The molecule has 0 spiro atoms. The maximum atomic E-state index is 13.5. The van der Waals surface area contributed by atoms with Crippen LogP contribution in [0.15, 0.2) is 6.07 Å². The molecule has 0 radical (unpaired) electrons. The van der Waals surface area contributed by atoms with Gasteiger partial charge in [0.2, 0.25) is 17.4 Å². The predicted molar refractivity (Wildman–Crippen MR) is 163 cm³/mol. The van der Waals surface area contributed by atoms with Gasteiger partial charge in [-0.1, -0.05) is 6.92 Å². The normalized spacial score (nSPS) is 11.4. The Labute approximate surface area is 279 Å². The average molecular weight is 706 g/mol. The Morgan fingerprint density at radius 3 is 1.10 bits per heavy atom. The molecule has 0 aliphatic carbocycles. The lowest BCUT2D eigenvalue weighted by atomic mass is 10.3. The van der Waals surface area contributed by atoms with Crippen molar-refractivity contribution in [2.24, 2.45) is 0 Å². The van der Waals surface area contributed by atoms with Gasteiger partial charge in [-0.15, -0.1) is 0 Å². The Hall–Kier alpha value is -2.03. The molecule has 0 aliphatic rings. The van der Waals surface area contributed by atoms with E-state index in [0.717, 1.165) is 13.1 Å². The molecule has 0 bridgehead atoms. The molecule has 0 unspecified atom stereocenters. The fourth-order valence-corrected chi connectivity index (χ4v) is 3.36. The lowest BCUT2D eigenvalue weighted by molar-refractivity contribution is -0.136. The molecule has 1 N–H and O–H groups in total. The zero-order valence-corrected chi connectivity index (χ0v) is 27.8. The SMILES string of the molecule is CCNCCOCCOCCOCCOCCOCCOCCOCCOCCOCCOCCC(=O)Oc1c(F)c(F)cc(F)c1F. The van der Waals surface area contributed by atoms with E-state index < -0.39 is 41.4 Å². The minimum Gasteiger partial charge on any atom is -0.420 e. The third-order valence-electron chi connectivity index (χ3n) is 5.76. The first-order chi connectivity index (χ1) is 23.5. The summed E-state index contributed by atoms with van der Waals surface area (Å²) in [6, 6.07) is 0.0192. The minimum atomic E-state index is -1.79. The zero-order chi connectivity index (χ0) is 34.9. The second-order valence-electron chi connectivity index (χ2n) is 9.50. The Kier molecular flexibility index (Phi) is 29.5. The monoisotopic (exact) mass is 705 g/mol. The van der Waals surface area contributed by atoms with Crippen molar-refractivity contribution in [1.82, 2.24) is 5.32 Å². The average Bonchev–Trinajstić information content (AvgIpc) is 3.08. The van der Waals surface area contributed by atoms with Crippen molar-refractivity contribution in [3.05, 3.63) is 29.3 Å². The van der Waals surface area contributed by atoms with Gasteiger partial charge in [-0.2, -0.15) is 8.78 Å². The highest BCUT2D eigenvalue weighted by Gasteiger charge is 2.22. The van der Waals surface area contributed by atoms with Crippen LogP contribution in [0.3, 0.4) is 0 Å². The van der Waals surface area contributed by atoms with Crippen LogP contribution in [0.5, 0.6) is 5.75 Å². The Bertz CT molecular complexity index is 897. The number of benzene rings is 1. The lowest BCUT2D eigenvalue weighted by Crippen LogP contribution is -2.20. The Morgan fingerprint density at radius 2 is 0.792 bits per heavy atom. The summed E-state index contributed by atoms with van der Waals surface area (Å²) in [7, 11) is 0. The summed E-state index contributed by atoms with van der Waals surface area (Å²) < 4.78 is 112. The third-order valence-corrected chi connectivity index (χ3v) is 5.76. The molecule has 0 heterocycles. The van der Waals surface area contributed by atoms with E-state index in [0.29, 0.717) is 112 Å². The van der Waals surface area contributed by atoms with Gasteiger partial charge in [0.1, 0.15) is 0 Å². The van der Waals surface area contributed by atoms with Crippen molar-refractivity contribution in [2.45, 2.75) is 13.3 Å². The first kappa shape index (κ1) is 44.0. The van der Waals surface area contributed by atoms with Crippen molar-refractivity contribution in [1.29, 1.82) is 0 Å². The number of esters is 1. The van der Waals surface area contributed by atoms with Gasteiger partial charge in [0.25, 0.3) is 0 Å². The van der Waals surface area contributed by atoms with Gasteiger partial charge in [-0.3, -0.25) is 4.79 Å². The maximum Gasteiger partial charge on any atom is 0.313 e. The van der Waals surface area contributed by atoms with Gasteiger partial charge < -0.3 is 57.4 Å². The molecule has 1 aromatic carbocycles. The maximum absolute atomic E-state index is 13.5. The smallest absolute Gasteiger partial charge is 0.313 e. The molecule has 0 saturated heterocycles.